The maximum Gasteiger partial charge on any atom is 0.435 e. The summed E-state index contributed by atoms with van der Waals surface area (Å²) in [5.41, 5.74) is -0.0482. The van der Waals surface area contributed by atoms with E-state index in [1.54, 1.807) is 48.5 Å². The van der Waals surface area contributed by atoms with Crippen LogP contribution in [-0.2, 0) is 17.6 Å². The number of aromatic nitrogens is 2. The number of hydrogen-bond acceptors (Lipinski definition) is 3. The molecule has 0 fully saturated rings. The first-order valence-corrected chi connectivity index (χ1v) is 8.67. The van der Waals surface area contributed by atoms with Crippen LogP contribution < -0.4 is 4.74 Å². The van der Waals surface area contributed by atoms with Crippen LogP contribution in [0.3, 0.4) is 0 Å². The number of nitrogens with zero attached hydrogens (tertiary/aromatic N) is 2. The number of halogens is 4. The van der Waals surface area contributed by atoms with Crippen LogP contribution in [0.1, 0.15) is 17.0 Å². The van der Waals surface area contributed by atoms with Crippen LogP contribution in [0, 0.1) is 0 Å². The van der Waals surface area contributed by atoms with Crippen molar-refractivity contribution in [2.45, 2.75) is 12.8 Å². The smallest absolute Gasteiger partial charge is 0.435 e. The van der Waals surface area contributed by atoms with Crippen molar-refractivity contribution in [3.63, 3.8) is 0 Å². The number of carboxylic acids is 1. The van der Waals surface area contributed by atoms with E-state index in [1.807, 2.05) is 0 Å². The highest BCUT2D eigenvalue weighted by Crippen LogP contribution is 2.31. The normalized spacial score (nSPS) is 11.7. The highest BCUT2D eigenvalue weighted by molar-refractivity contribution is 6.32. The lowest BCUT2D eigenvalue weighted by Crippen LogP contribution is -2.08. The average molecular weight is 423 g/mol. The van der Waals surface area contributed by atoms with E-state index in [-0.39, 0.29) is 17.3 Å². The van der Waals surface area contributed by atoms with Gasteiger partial charge in [-0.2, -0.15) is 18.3 Å². The fourth-order valence-corrected chi connectivity index (χ4v) is 2.74. The van der Waals surface area contributed by atoms with Gasteiger partial charge in [-0.25, -0.2) is 9.48 Å². The zero-order valence-corrected chi connectivity index (χ0v) is 15.5. The van der Waals surface area contributed by atoms with Gasteiger partial charge in [0.15, 0.2) is 5.69 Å². The van der Waals surface area contributed by atoms with Gasteiger partial charge in [0.25, 0.3) is 0 Å². The molecule has 0 saturated carbocycles. The van der Waals surface area contributed by atoms with E-state index in [1.165, 1.54) is 6.08 Å². The van der Waals surface area contributed by atoms with Crippen molar-refractivity contribution in [1.82, 2.24) is 9.78 Å². The Hall–Kier alpha value is -3.26. The third kappa shape index (κ3) is 5.17. The molecule has 0 unspecified atom stereocenters. The molecule has 0 spiro atoms. The molecule has 0 amide bonds. The van der Waals surface area contributed by atoms with E-state index in [9.17, 15) is 18.0 Å². The first-order chi connectivity index (χ1) is 13.7. The number of aliphatic carboxylic acids is 1. The van der Waals surface area contributed by atoms with Crippen LogP contribution in [0.25, 0.3) is 11.8 Å². The molecule has 0 aliphatic heterocycles. The first-order valence-electron chi connectivity index (χ1n) is 8.29. The van der Waals surface area contributed by atoms with Crippen molar-refractivity contribution in [1.29, 1.82) is 0 Å². The van der Waals surface area contributed by atoms with Gasteiger partial charge < -0.3 is 9.84 Å². The van der Waals surface area contributed by atoms with Crippen molar-refractivity contribution in [2.75, 3.05) is 0 Å². The Bertz CT molecular complexity index is 1060. The van der Waals surface area contributed by atoms with Crippen LogP contribution in [0.4, 0.5) is 13.2 Å². The molecule has 29 heavy (non-hydrogen) atoms. The zero-order valence-electron chi connectivity index (χ0n) is 14.7. The second-order valence-electron chi connectivity index (χ2n) is 5.91. The Labute approximate surface area is 168 Å². The molecule has 0 bridgehead atoms. The molecule has 0 saturated heterocycles. The van der Waals surface area contributed by atoms with Crippen molar-refractivity contribution in [3.05, 3.63) is 82.6 Å². The Balaban J connectivity index is 1.89. The Morgan fingerprint density at radius 2 is 1.93 bits per heavy atom. The molecule has 0 aliphatic rings. The van der Waals surface area contributed by atoms with Gasteiger partial charge in [0.1, 0.15) is 12.4 Å². The van der Waals surface area contributed by atoms with Gasteiger partial charge in [-0.1, -0.05) is 35.9 Å². The molecule has 3 rings (SSSR count). The number of carboxylic acid groups (broad SMARTS) is 1. The number of para-hydroxylation sites is 1. The van der Waals surface area contributed by atoms with Crippen LogP contribution in [-0.4, -0.2) is 20.9 Å². The van der Waals surface area contributed by atoms with Gasteiger partial charge in [-0.3, -0.25) is 0 Å². The van der Waals surface area contributed by atoms with Crippen LogP contribution in [0.5, 0.6) is 5.75 Å². The molecule has 5 nitrogen and oxygen atoms in total. The fourth-order valence-electron chi connectivity index (χ4n) is 2.53. The summed E-state index contributed by atoms with van der Waals surface area (Å²) < 4.78 is 46.2. The molecule has 3 aromatic rings. The van der Waals surface area contributed by atoms with Crippen molar-refractivity contribution in [3.8, 4) is 11.4 Å². The summed E-state index contributed by atoms with van der Waals surface area (Å²) in [5.74, 6) is -0.738. The predicted molar refractivity (Wildman–Crippen MR) is 101 cm³/mol. The summed E-state index contributed by atoms with van der Waals surface area (Å²) in [6.07, 6.45) is -2.27. The third-order valence-electron chi connectivity index (χ3n) is 3.82. The summed E-state index contributed by atoms with van der Waals surface area (Å²) in [4.78, 5) is 10.6. The monoisotopic (exact) mass is 422 g/mol. The average Bonchev–Trinajstić information content (AvgIpc) is 3.10. The minimum atomic E-state index is -4.62. The molecule has 9 heteroatoms. The van der Waals surface area contributed by atoms with Gasteiger partial charge in [0.2, 0.25) is 0 Å². The molecule has 1 aromatic heterocycles. The van der Waals surface area contributed by atoms with Crippen molar-refractivity contribution < 1.29 is 27.8 Å². The highest BCUT2D eigenvalue weighted by Gasteiger charge is 2.35. The number of rotatable bonds is 6. The Kier molecular flexibility index (Phi) is 5.93. The highest BCUT2D eigenvalue weighted by atomic mass is 35.5. The van der Waals surface area contributed by atoms with Gasteiger partial charge in [-0.05, 0) is 42.0 Å². The molecule has 0 atom stereocenters. The minimum Gasteiger partial charge on any atom is -0.487 e. The molecular formula is C20H14ClF3N2O3. The first kappa shape index (κ1) is 20.5. The summed E-state index contributed by atoms with van der Waals surface area (Å²) >= 11 is 6.11. The van der Waals surface area contributed by atoms with E-state index in [2.05, 4.69) is 5.10 Å². The molecule has 1 N–H and O–H groups in total. The predicted octanol–water partition coefficient (Wildman–Crippen LogP) is 5.22. The summed E-state index contributed by atoms with van der Waals surface area (Å²) in [7, 11) is 0. The van der Waals surface area contributed by atoms with Gasteiger partial charge in [0.05, 0.1) is 16.4 Å². The number of carbonyl (C=O) groups is 1. The van der Waals surface area contributed by atoms with Gasteiger partial charge in [-0.15, -0.1) is 0 Å². The number of alkyl halides is 3. The van der Waals surface area contributed by atoms with E-state index in [0.29, 0.717) is 17.0 Å². The maximum atomic E-state index is 13.2. The lowest BCUT2D eigenvalue weighted by atomic mass is 10.2. The Morgan fingerprint density at radius 1 is 1.17 bits per heavy atom. The number of benzene rings is 2. The van der Waals surface area contributed by atoms with Crippen molar-refractivity contribution >= 4 is 23.6 Å². The zero-order chi connectivity index (χ0) is 21.0. The number of hydrogen-bond donors (Lipinski definition) is 1. The molecule has 150 valence electrons. The second-order valence-corrected chi connectivity index (χ2v) is 6.32. The Morgan fingerprint density at radius 3 is 2.62 bits per heavy atom. The van der Waals surface area contributed by atoms with E-state index in [4.69, 9.17) is 21.4 Å². The van der Waals surface area contributed by atoms with Gasteiger partial charge >= 0.3 is 12.1 Å². The largest absolute Gasteiger partial charge is 0.487 e. The van der Waals surface area contributed by atoms with Crippen LogP contribution in [0.15, 0.2) is 60.7 Å². The number of ether oxygens (including phenoxy) is 1. The van der Waals surface area contributed by atoms with E-state index < -0.39 is 17.8 Å². The lowest BCUT2D eigenvalue weighted by Gasteiger charge is -2.11. The standard InChI is InChI=1S/C20H14ClF3N2O3/c21-16-6-1-2-7-17(16)26-14(11-18(25-26)20(22,23)24)12-29-15-5-3-4-13(10-15)8-9-19(27)28/h1-11H,12H2,(H,27,28)/b9-8+. The quantitative estimate of drug-likeness (QED) is 0.553. The lowest BCUT2D eigenvalue weighted by molar-refractivity contribution is -0.141. The molecule has 0 aliphatic carbocycles. The summed E-state index contributed by atoms with van der Waals surface area (Å²) in [6, 6.07) is 13.8. The SMILES string of the molecule is O=C(O)/C=C/c1cccc(OCc2cc(C(F)(F)F)nn2-c2ccccc2Cl)c1. The molecule has 1 heterocycles. The van der Waals surface area contributed by atoms with Crippen molar-refractivity contribution in [2.24, 2.45) is 0 Å². The van der Waals surface area contributed by atoms with E-state index >= 15 is 0 Å². The molecule has 2 aromatic carbocycles. The second kappa shape index (κ2) is 8.40. The topological polar surface area (TPSA) is 64.3 Å². The maximum absolute atomic E-state index is 13.2. The minimum absolute atomic E-state index is 0.150. The van der Waals surface area contributed by atoms with Gasteiger partial charge in [0, 0.05) is 6.08 Å². The fraction of sp³-hybridized carbons (Fsp3) is 0.100. The third-order valence-corrected chi connectivity index (χ3v) is 4.14. The molecule has 0 radical (unpaired) electrons. The summed E-state index contributed by atoms with van der Waals surface area (Å²) in [5, 5.41) is 12.6. The van der Waals surface area contributed by atoms with E-state index in [0.717, 1.165) is 16.8 Å². The molecular weight excluding hydrogens is 409 g/mol. The summed E-state index contributed by atoms with van der Waals surface area (Å²) in [6.45, 7) is -0.208. The van der Waals surface area contributed by atoms with Crippen LogP contribution in [0.2, 0.25) is 5.02 Å². The van der Waals surface area contributed by atoms with Crippen LogP contribution >= 0.6 is 11.6 Å².